The molecule has 1 aliphatic rings. The second-order valence-corrected chi connectivity index (χ2v) is 7.43. The number of piperazine rings is 1. The zero-order valence-electron chi connectivity index (χ0n) is 17.8. The molecular formula is C24H32N4O2. The number of amides is 1. The van der Waals surface area contributed by atoms with Crippen molar-refractivity contribution < 1.29 is 9.53 Å². The van der Waals surface area contributed by atoms with Crippen LogP contribution in [0.3, 0.4) is 0 Å². The van der Waals surface area contributed by atoms with Gasteiger partial charge >= 0.3 is 0 Å². The number of hydrogen-bond donors (Lipinski definition) is 1. The van der Waals surface area contributed by atoms with Crippen LogP contribution in [0, 0.1) is 0 Å². The van der Waals surface area contributed by atoms with Crippen molar-refractivity contribution in [3.63, 3.8) is 0 Å². The largest absolute Gasteiger partial charge is 0.487 e. The molecule has 1 N–H and O–H groups in total. The number of likely N-dealkylation sites (N-methyl/N-ethyl adjacent to an activating group) is 1. The fourth-order valence-corrected chi connectivity index (χ4v) is 3.39. The second kappa shape index (κ2) is 12.1. The summed E-state index contributed by atoms with van der Waals surface area (Å²) in [5.41, 5.74) is 1.85. The van der Waals surface area contributed by atoms with Crippen LogP contribution in [0.5, 0.6) is 5.75 Å². The molecule has 0 saturated carbocycles. The van der Waals surface area contributed by atoms with Crippen molar-refractivity contribution in [1.29, 1.82) is 0 Å². The van der Waals surface area contributed by atoms with E-state index in [9.17, 15) is 4.79 Å². The van der Waals surface area contributed by atoms with Gasteiger partial charge < -0.3 is 19.9 Å². The summed E-state index contributed by atoms with van der Waals surface area (Å²) < 4.78 is 5.73. The van der Waals surface area contributed by atoms with Crippen molar-refractivity contribution >= 4 is 12.0 Å². The average Bonchev–Trinajstić information content (AvgIpc) is 2.81. The summed E-state index contributed by atoms with van der Waals surface area (Å²) >= 11 is 0. The molecule has 6 nitrogen and oxygen atoms in total. The number of nitrogens with one attached hydrogen (secondary N) is 1. The van der Waals surface area contributed by atoms with Gasteiger partial charge in [-0.15, -0.1) is 0 Å². The molecule has 1 aliphatic heterocycles. The molecule has 160 valence electrons. The number of carbonyl (C=O) groups excluding carboxylic acids is 1. The van der Waals surface area contributed by atoms with E-state index < -0.39 is 0 Å². The van der Waals surface area contributed by atoms with Gasteiger partial charge in [-0.05, 0) is 55.4 Å². The van der Waals surface area contributed by atoms with Crippen LogP contribution in [-0.2, 0) is 11.4 Å². The molecule has 0 aliphatic carbocycles. The number of carbonyl (C=O) groups is 1. The number of aromatic nitrogens is 1. The van der Waals surface area contributed by atoms with Gasteiger partial charge in [-0.3, -0.25) is 9.78 Å². The van der Waals surface area contributed by atoms with Gasteiger partial charge in [0.15, 0.2) is 0 Å². The molecule has 1 aromatic carbocycles. The third kappa shape index (κ3) is 7.61. The highest BCUT2D eigenvalue weighted by atomic mass is 16.5. The number of ether oxygens (including phenoxy) is 1. The Balaban J connectivity index is 1.31. The summed E-state index contributed by atoms with van der Waals surface area (Å²) in [7, 11) is 0. The topological polar surface area (TPSA) is 57.7 Å². The maximum absolute atomic E-state index is 12.0. The van der Waals surface area contributed by atoms with Crippen LogP contribution in [-0.4, -0.2) is 66.5 Å². The standard InChI is InChI=1S/C24H32N4O2/c1-2-27-16-18-28(19-17-27)15-5-14-26-24(29)12-9-21-7-10-23(11-8-21)30-20-22-6-3-4-13-25-22/h3-4,6-13H,2,5,14-20H2,1H3,(H,26,29)/b12-9+. The first-order valence-corrected chi connectivity index (χ1v) is 10.8. The van der Waals surface area contributed by atoms with E-state index in [2.05, 4.69) is 27.0 Å². The molecule has 30 heavy (non-hydrogen) atoms. The molecule has 1 aromatic heterocycles. The highest BCUT2D eigenvalue weighted by Crippen LogP contribution is 2.14. The van der Waals surface area contributed by atoms with E-state index in [1.807, 2.05) is 48.5 Å². The van der Waals surface area contributed by atoms with Gasteiger partial charge in [0, 0.05) is 45.0 Å². The minimum absolute atomic E-state index is 0.0544. The number of benzene rings is 1. The minimum atomic E-state index is -0.0544. The fourth-order valence-electron chi connectivity index (χ4n) is 3.39. The van der Waals surface area contributed by atoms with E-state index >= 15 is 0 Å². The van der Waals surface area contributed by atoms with Crippen LogP contribution in [0.25, 0.3) is 6.08 Å². The number of hydrogen-bond acceptors (Lipinski definition) is 5. The third-order valence-electron chi connectivity index (χ3n) is 5.28. The van der Waals surface area contributed by atoms with Crippen molar-refractivity contribution in [1.82, 2.24) is 20.1 Å². The average molecular weight is 409 g/mol. The van der Waals surface area contributed by atoms with Gasteiger partial charge in [0.05, 0.1) is 5.69 Å². The SMILES string of the molecule is CCN1CCN(CCCNC(=O)/C=C/c2ccc(OCc3ccccn3)cc2)CC1. The lowest BCUT2D eigenvalue weighted by Crippen LogP contribution is -2.46. The van der Waals surface area contributed by atoms with Gasteiger partial charge in [-0.1, -0.05) is 25.1 Å². The lowest BCUT2D eigenvalue weighted by atomic mass is 10.2. The quantitative estimate of drug-likeness (QED) is 0.484. The van der Waals surface area contributed by atoms with Crippen LogP contribution in [0.2, 0.25) is 0 Å². The zero-order chi connectivity index (χ0) is 21.0. The van der Waals surface area contributed by atoms with Gasteiger partial charge in [0.1, 0.15) is 12.4 Å². The van der Waals surface area contributed by atoms with Crippen LogP contribution in [0.15, 0.2) is 54.7 Å². The predicted octanol–water partition coefficient (Wildman–Crippen LogP) is 2.82. The molecule has 0 radical (unpaired) electrons. The van der Waals surface area contributed by atoms with Gasteiger partial charge in [-0.25, -0.2) is 0 Å². The molecule has 2 heterocycles. The first kappa shape index (κ1) is 22.0. The second-order valence-electron chi connectivity index (χ2n) is 7.43. The van der Waals surface area contributed by atoms with E-state index in [1.54, 1.807) is 12.3 Å². The minimum Gasteiger partial charge on any atom is -0.487 e. The Morgan fingerprint density at radius 2 is 1.87 bits per heavy atom. The zero-order valence-corrected chi connectivity index (χ0v) is 17.8. The molecule has 1 fully saturated rings. The van der Waals surface area contributed by atoms with Crippen LogP contribution >= 0.6 is 0 Å². The highest BCUT2D eigenvalue weighted by molar-refractivity contribution is 5.91. The molecule has 0 atom stereocenters. The molecule has 1 saturated heterocycles. The number of rotatable bonds is 10. The van der Waals surface area contributed by atoms with Crippen molar-refractivity contribution in [2.45, 2.75) is 20.0 Å². The Kier molecular flexibility index (Phi) is 8.87. The predicted molar refractivity (Wildman–Crippen MR) is 120 cm³/mol. The molecule has 0 unspecified atom stereocenters. The first-order valence-electron chi connectivity index (χ1n) is 10.8. The molecule has 2 aromatic rings. The third-order valence-corrected chi connectivity index (χ3v) is 5.28. The molecule has 3 rings (SSSR count). The molecule has 0 bridgehead atoms. The van der Waals surface area contributed by atoms with Crippen molar-refractivity contribution in [3.05, 3.63) is 66.0 Å². The maximum Gasteiger partial charge on any atom is 0.243 e. The van der Waals surface area contributed by atoms with E-state index in [4.69, 9.17) is 4.74 Å². The Morgan fingerprint density at radius 3 is 2.57 bits per heavy atom. The molecule has 6 heteroatoms. The van der Waals surface area contributed by atoms with Gasteiger partial charge in [0.2, 0.25) is 5.91 Å². The summed E-state index contributed by atoms with van der Waals surface area (Å²) in [6.07, 6.45) is 6.14. The lowest BCUT2D eigenvalue weighted by Gasteiger charge is -2.33. The molecule has 1 amide bonds. The fraction of sp³-hybridized carbons (Fsp3) is 0.417. The van der Waals surface area contributed by atoms with Crippen molar-refractivity contribution in [2.24, 2.45) is 0 Å². The number of nitrogens with zero attached hydrogens (tertiary/aromatic N) is 3. The van der Waals surface area contributed by atoms with Crippen LogP contribution < -0.4 is 10.1 Å². The van der Waals surface area contributed by atoms with Crippen molar-refractivity contribution in [3.8, 4) is 5.75 Å². The van der Waals surface area contributed by atoms with Gasteiger partial charge in [0.25, 0.3) is 0 Å². The summed E-state index contributed by atoms with van der Waals surface area (Å²) in [4.78, 5) is 21.2. The van der Waals surface area contributed by atoms with Gasteiger partial charge in [-0.2, -0.15) is 0 Å². The Hall–Kier alpha value is -2.70. The monoisotopic (exact) mass is 408 g/mol. The summed E-state index contributed by atoms with van der Waals surface area (Å²) in [5.74, 6) is 0.725. The maximum atomic E-state index is 12.0. The van der Waals surface area contributed by atoms with Crippen LogP contribution in [0.1, 0.15) is 24.6 Å². The Morgan fingerprint density at radius 1 is 1.10 bits per heavy atom. The molecular weight excluding hydrogens is 376 g/mol. The Labute approximate surface area is 179 Å². The highest BCUT2D eigenvalue weighted by Gasteiger charge is 2.14. The van der Waals surface area contributed by atoms with E-state index in [1.165, 1.54) is 0 Å². The molecule has 0 spiro atoms. The first-order chi connectivity index (χ1) is 14.7. The number of pyridine rings is 1. The summed E-state index contributed by atoms with van der Waals surface area (Å²) in [5, 5.41) is 2.97. The van der Waals surface area contributed by atoms with E-state index in [0.717, 1.165) is 62.7 Å². The van der Waals surface area contributed by atoms with E-state index in [0.29, 0.717) is 13.2 Å². The summed E-state index contributed by atoms with van der Waals surface area (Å²) in [6.45, 7) is 10.1. The normalized spacial score (nSPS) is 15.4. The van der Waals surface area contributed by atoms with Crippen molar-refractivity contribution in [2.75, 3.05) is 45.8 Å². The Bertz CT molecular complexity index is 785. The summed E-state index contributed by atoms with van der Waals surface area (Å²) in [6, 6.07) is 13.4. The van der Waals surface area contributed by atoms with E-state index in [-0.39, 0.29) is 5.91 Å². The smallest absolute Gasteiger partial charge is 0.243 e. The van der Waals surface area contributed by atoms with Crippen LogP contribution in [0.4, 0.5) is 0 Å². The lowest BCUT2D eigenvalue weighted by molar-refractivity contribution is -0.116.